The number of phenolic OH excluding ortho intramolecular Hbond substituents is 1. The lowest BCUT2D eigenvalue weighted by Gasteiger charge is -2.35. The molecule has 0 saturated heterocycles. The summed E-state index contributed by atoms with van der Waals surface area (Å²) in [4.78, 5) is 0. The van der Waals surface area contributed by atoms with E-state index in [2.05, 4.69) is 20.8 Å². The van der Waals surface area contributed by atoms with Crippen molar-refractivity contribution in [2.24, 2.45) is 0 Å². The first kappa shape index (κ1) is 21.0. The number of rotatable bonds is 14. The molecule has 0 saturated carbocycles. The summed E-state index contributed by atoms with van der Waals surface area (Å²) in [5, 5.41) is 10.4. The first-order valence-electron chi connectivity index (χ1n) is 9.76. The van der Waals surface area contributed by atoms with Crippen molar-refractivity contribution >= 4 is 0 Å². The van der Waals surface area contributed by atoms with Gasteiger partial charge >= 0.3 is 0 Å². The Kier molecular flexibility index (Phi) is 10.8. The minimum absolute atomic E-state index is 0.260. The number of phenols is 1. The fourth-order valence-corrected chi connectivity index (χ4v) is 2.94. The van der Waals surface area contributed by atoms with Gasteiger partial charge in [0, 0.05) is 6.42 Å². The van der Waals surface area contributed by atoms with E-state index in [4.69, 9.17) is 9.47 Å². The average Bonchev–Trinajstić information content (AvgIpc) is 2.60. The van der Waals surface area contributed by atoms with Crippen molar-refractivity contribution in [3.8, 4) is 5.75 Å². The third-order valence-corrected chi connectivity index (χ3v) is 4.25. The Morgan fingerprint density at radius 3 is 1.96 bits per heavy atom. The predicted octanol–water partition coefficient (Wildman–Crippen LogP) is 6.15. The number of unbranched alkanes of at least 4 members (excludes halogenated alkanes) is 5. The molecule has 0 aliphatic carbocycles. The zero-order valence-electron chi connectivity index (χ0n) is 15.9. The maximum Gasteiger partial charge on any atom is 0.198 e. The van der Waals surface area contributed by atoms with Crippen LogP contribution in [0.2, 0.25) is 0 Å². The Morgan fingerprint density at radius 1 is 0.792 bits per heavy atom. The van der Waals surface area contributed by atoms with Gasteiger partial charge in [-0.2, -0.15) is 0 Å². The SMILES string of the molecule is CCCCCCCCC(OCCC)(OCCC)c1ccccc1O. The summed E-state index contributed by atoms with van der Waals surface area (Å²) >= 11 is 0. The topological polar surface area (TPSA) is 38.7 Å². The van der Waals surface area contributed by atoms with Crippen molar-refractivity contribution in [1.29, 1.82) is 0 Å². The molecule has 1 aromatic rings. The van der Waals surface area contributed by atoms with Gasteiger partial charge in [-0.05, 0) is 31.4 Å². The van der Waals surface area contributed by atoms with Gasteiger partial charge in [0.2, 0.25) is 0 Å². The molecule has 24 heavy (non-hydrogen) atoms. The minimum atomic E-state index is -0.817. The molecule has 0 atom stereocenters. The second kappa shape index (κ2) is 12.3. The third-order valence-electron chi connectivity index (χ3n) is 4.25. The summed E-state index contributed by atoms with van der Waals surface area (Å²) < 4.78 is 12.4. The number of aromatic hydroxyl groups is 1. The molecule has 0 unspecified atom stereocenters. The van der Waals surface area contributed by atoms with E-state index in [9.17, 15) is 5.11 Å². The zero-order chi connectivity index (χ0) is 17.7. The molecule has 0 amide bonds. The van der Waals surface area contributed by atoms with Crippen LogP contribution in [-0.2, 0) is 15.3 Å². The van der Waals surface area contributed by atoms with Crippen LogP contribution in [0.1, 0.15) is 84.1 Å². The van der Waals surface area contributed by atoms with Crippen molar-refractivity contribution < 1.29 is 14.6 Å². The van der Waals surface area contributed by atoms with Gasteiger partial charge in [-0.25, -0.2) is 0 Å². The monoisotopic (exact) mass is 336 g/mol. The summed E-state index contributed by atoms with van der Waals surface area (Å²) in [6.07, 6.45) is 10.0. The summed E-state index contributed by atoms with van der Waals surface area (Å²) in [6.45, 7) is 7.70. The van der Waals surface area contributed by atoms with Gasteiger partial charge < -0.3 is 14.6 Å². The standard InChI is InChI=1S/C21H36O3/c1-4-7-8-9-10-13-16-21(23-17-5-2,24-18-6-3)19-14-11-12-15-20(19)22/h11-12,14-15,22H,4-10,13,16-18H2,1-3H3. The van der Waals surface area contributed by atoms with E-state index in [-0.39, 0.29) is 5.75 Å². The number of para-hydroxylation sites is 1. The van der Waals surface area contributed by atoms with Crippen LogP contribution in [0.3, 0.4) is 0 Å². The van der Waals surface area contributed by atoms with E-state index in [1.165, 1.54) is 32.1 Å². The second-order valence-electron chi connectivity index (χ2n) is 6.48. The molecule has 0 aliphatic rings. The van der Waals surface area contributed by atoms with E-state index >= 15 is 0 Å². The number of ether oxygens (including phenoxy) is 2. The van der Waals surface area contributed by atoms with Crippen LogP contribution in [0.25, 0.3) is 0 Å². The molecule has 1 N–H and O–H groups in total. The Hall–Kier alpha value is -1.06. The van der Waals surface area contributed by atoms with E-state index in [1.807, 2.05) is 18.2 Å². The van der Waals surface area contributed by atoms with Gasteiger partial charge in [-0.15, -0.1) is 0 Å². The summed E-state index contributed by atoms with van der Waals surface area (Å²) in [6, 6.07) is 7.43. The van der Waals surface area contributed by atoms with Crippen LogP contribution in [-0.4, -0.2) is 18.3 Å². The predicted molar refractivity (Wildman–Crippen MR) is 100 cm³/mol. The number of hydrogen-bond acceptors (Lipinski definition) is 3. The number of benzene rings is 1. The molecule has 0 bridgehead atoms. The van der Waals surface area contributed by atoms with Gasteiger partial charge in [-0.1, -0.05) is 65.0 Å². The number of hydrogen-bond donors (Lipinski definition) is 1. The molecule has 0 heterocycles. The summed E-state index contributed by atoms with van der Waals surface area (Å²) in [7, 11) is 0. The molecular formula is C21H36O3. The lowest BCUT2D eigenvalue weighted by molar-refractivity contribution is -0.252. The van der Waals surface area contributed by atoms with Crippen molar-refractivity contribution in [3.63, 3.8) is 0 Å². The minimum Gasteiger partial charge on any atom is -0.507 e. The maximum atomic E-state index is 10.4. The van der Waals surface area contributed by atoms with Crippen molar-refractivity contribution in [1.82, 2.24) is 0 Å². The Labute approximate surface area is 148 Å². The van der Waals surface area contributed by atoms with Crippen LogP contribution in [0.4, 0.5) is 0 Å². The van der Waals surface area contributed by atoms with E-state index in [0.717, 1.165) is 31.2 Å². The normalized spacial score (nSPS) is 11.8. The first-order chi connectivity index (χ1) is 11.7. The molecule has 1 rings (SSSR count). The third kappa shape index (κ3) is 6.82. The quantitative estimate of drug-likeness (QED) is 0.327. The van der Waals surface area contributed by atoms with Crippen molar-refractivity contribution in [2.45, 2.75) is 84.3 Å². The zero-order valence-corrected chi connectivity index (χ0v) is 15.9. The van der Waals surface area contributed by atoms with E-state index in [1.54, 1.807) is 6.07 Å². The van der Waals surface area contributed by atoms with E-state index in [0.29, 0.717) is 13.2 Å². The largest absolute Gasteiger partial charge is 0.507 e. The average molecular weight is 337 g/mol. The Morgan fingerprint density at radius 2 is 1.38 bits per heavy atom. The fraction of sp³-hybridized carbons (Fsp3) is 0.714. The molecule has 0 spiro atoms. The summed E-state index contributed by atoms with van der Waals surface area (Å²) in [5.74, 6) is -0.557. The molecule has 0 fully saturated rings. The van der Waals surface area contributed by atoms with Crippen LogP contribution in [0, 0.1) is 0 Å². The molecule has 0 aliphatic heterocycles. The molecule has 1 aromatic carbocycles. The highest BCUT2D eigenvalue weighted by atomic mass is 16.7. The van der Waals surface area contributed by atoms with Crippen LogP contribution < -0.4 is 0 Å². The van der Waals surface area contributed by atoms with Gasteiger partial charge in [0.15, 0.2) is 5.79 Å². The van der Waals surface area contributed by atoms with Gasteiger partial charge in [-0.3, -0.25) is 0 Å². The first-order valence-corrected chi connectivity index (χ1v) is 9.76. The summed E-state index contributed by atoms with van der Waals surface area (Å²) in [5.41, 5.74) is 0.764. The van der Waals surface area contributed by atoms with Gasteiger partial charge in [0.05, 0.1) is 18.8 Å². The maximum absolute atomic E-state index is 10.4. The lowest BCUT2D eigenvalue weighted by atomic mass is 9.97. The highest BCUT2D eigenvalue weighted by molar-refractivity contribution is 5.35. The highest BCUT2D eigenvalue weighted by Gasteiger charge is 2.36. The molecule has 3 nitrogen and oxygen atoms in total. The van der Waals surface area contributed by atoms with Crippen molar-refractivity contribution in [3.05, 3.63) is 29.8 Å². The highest BCUT2D eigenvalue weighted by Crippen LogP contribution is 2.38. The second-order valence-corrected chi connectivity index (χ2v) is 6.48. The Balaban J connectivity index is 2.84. The van der Waals surface area contributed by atoms with Gasteiger partial charge in [0.25, 0.3) is 0 Å². The molecule has 0 aromatic heterocycles. The smallest absolute Gasteiger partial charge is 0.198 e. The fourth-order valence-electron chi connectivity index (χ4n) is 2.94. The molecule has 3 heteroatoms. The lowest BCUT2D eigenvalue weighted by Crippen LogP contribution is -2.34. The van der Waals surface area contributed by atoms with E-state index < -0.39 is 5.79 Å². The van der Waals surface area contributed by atoms with Crippen LogP contribution in [0.5, 0.6) is 5.75 Å². The van der Waals surface area contributed by atoms with Gasteiger partial charge in [0.1, 0.15) is 5.75 Å². The Bertz CT molecular complexity index is 423. The van der Waals surface area contributed by atoms with Crippen LogP contribution >= 0.6 is 0 Å². The molecular weight excluding hydrogens is 300 g/mol. The molecule has 0 radical (unpaired) electrons. The molecule has 138 valence electrons. The van der Waals surface area contributed by atoms with Crippen LogP contribution in [0.15, 0.2) is 24.3 Å². The van der Waals surface area contributed by atoms with Crippen molar-refractivity contribution in [2.75, 3.05) is 13.2 Å².